The summed E-state index contributed by atoms with van der Waals surface area (Å²) in [6, 6.07) is 11.8. The maximum absolute atomic E-state index is 6.08. The van der Waals surface area contributed by atoms with Gasteiger partial charge in [-0.2, -0.15) is 0 Å². The monoisotopic (exact) mass is 291 g/mol. The molecular weight excluding hydrogens is 274 g/mol. The molecule has 0 radical (unpaired) electrons. The highest BCUT2D eigenvalue weighted by atomic mass is 35.5. The Bertz CT molecular complexity index is 599. The topological polar surface area (TPSA) is 30.5 Å². The molecule has 0 saturated carbocycles. The van der Waals surface area contributed by atoms with Gasteiger partial charge in [0, 0.05) is 6.54 Å². The van der Waals surface area contributed by atoms with Crippen molar-refractivity contribution >= 4 is 11.6 Å². The first-order chi connectivity index (χ1) is 9.69. The minimum atomic E-state index is 0.611. The maximum atomic E-state index is 6.08. The van der Waals surface area contributed by atoms with Crippen molar-refractivity contribution in [1.29, 1.82) is 0 Å². The van der Waals surface area contributed by atoms with Crippen LogP contribution in [0.15, 0.2) is 36.4 Å². The van der Waals surface area contributed by atoms with Crippen molar-refractivity contribution in [3.05, 3.63) is 47.0 Å². The lowest BCUT2D eigenvalue weighted by Crippen LogP contribution is -2.06. The molecule has 0 unspecified atom stereocenters. The predicted octanol–water partition coefficient (Wildman–Crippen LogP) is 3.74. The fourth-order valence-corrected chi connectivity index (χ4v) is 2.34. The molecule has 1 N–H and O–H groups in total. The van der Waals surface area contributed by atoms with Gasteiger partial charge in [-0.1, -0.05) is 23.7 Å². The smallest absolute Gasteiger partial charge is 0.138 e. The second-order valence-electron chi connectivity index (χ2n) is 4.40. The first-order valence-electron chi connectivity index (χ1n) is 6.35. The van der Waals surface area contributed by atoms with E-state index in [1.807, 2.05) is 43.4 Å². The van der Waals surface area contributed by atoms with E-state index < -0.39 is 0 Å². The molecule has 0 aliphatic carbocycles. The van der Waals surface area contributed by atoms with Crippen LogP contribution >= 0.6 is 11.6 Å². The number of hydrogen-bond acceptors (Lipinski definition) is 3. The molecule has 2 aromatic carbocycles. The zero-order chi connectivity index (χ0) is 14.5. The molecular formula is C16H18ClNO2. The van der Waals surface area contributed by atoms with E-state index in [2.05, 4.69) is 5.32 Å². The third-order valence-corrected chi connectivity index (χ3v) is 3.45. The summed E-state index contributed by atoms with van der Waals surface area (Å²) in [5.74, 6) is 1.52. The van der Waals surface area contributed by atoms with Crippen LogP contribution in [0.2, 0.25) is 5.02 Å². The summed E-state index contributed by atoms with van der Waals surface area (Å²) in [7, 11) is 5.21. The Morgan fingerprint density at radius 3 is 2.50 bits per heavy atom. The van der Waals surface area contributed by atoms with Crippen molar-refractivity contribution in [2.24, 2.45) is 0 Å². The molecule has 4 heteroatoms. The Kier molecular flexibility index (Phi) is 4.88. The quantitative estimate of drug-likeness (QED) is 0.910. The minimum Gasteiger partial charge on any atom is -0.497 e. The van der Waals surface area contributed by atoms with Gasteiger partial charge in [0.1, 0.15) is 11.5 Å². The molecule has 20 heavy (non-hydrogen) atoms. The Balaban J connectivity index is 2.50. The second-order valence-corrected chi connectivity index (χ2v) is 4.81. The number of hydrogen-bond donors (Lipinski definition) is 1. The van der Waals surface area contributed by atoms with Gasteiger partial charge in [0.2, 0.25) is 0 Å². The minimum absolute atomic E-state index is 0.611. The van der Waals surface area contributed by atoms with E-state index >= 15 is 0 Å². The van der Waals surface area contributed by atoms with Crippen LogP contribution in [0.1, 0.15) is 5.56 Å². The maximum Gasteiger partial charge on any atom is 0.138 e. The van der Waals surface area contributed by atoms with Crippen LogP contribution < -0.4 is 14.8 Å². The summed E-state index contributed by atoms with van der Waals surface area (Å²) >= 11 is 6.08. The average Bonchev–Trinajstić information content (AvgIpc) is 2.48. The Morgan fingerprint density at radius 1 is 1.05 bits per heavy atom. The standard InChI is InChI=1S/C16H18ClNO2/c1-18-10-12-8-13(19-2)5-6-14(12)11-4-7-15(17)16(9-11)20-3/h4-9,18H,10H2,1-3H3. The summed E-state index contributed by atoms with van der Waals surface area (Å²) in [6.07, 6.45) is 0. The van der Waals surface area contributed by atoms with Crippen molar-refractivity contribution < 1.29 is 9.47 Å². The van der Waals surface area contributed by atoms with E-state index in [-0.39, 0.29) is 0 Å². The van der Waals surface area contributed by atoms with Crippen molar-refractivity contribution in [3.8, 4) is 22.6 Å². The van der Waals surface area contributed by atoms with Gasteiger partial charge in [-0.25, -0.2) is 0 Å². The Labute approximate surface area is 124 Å². The first kappa shape index (κ1) is 14.7. The van der Waals surface area contributed by atoms with Gasteiger partial charge < -0.3 is 14.8 Å². The molecule has 0 aliphatic rings. The molecule has 0 aliphatic heterocycles. The molecule has 0 aromatic heterocycles. The molecule has 3 nitrogen and oxygen atoms in total. The van der Waals surface area contributed by atoms with Gasteiger partial charge in [-0.15, -0.1) is 0 Å². The number of benzene rings is 2. The van der Waals surface area contributed by atoms with Crippen molar-refractivity contribution in [3.63, 3.8) is 0 Å². The van der Waals surface area contributed by atoms with Gasteiger partial charge in [0.25, 0.3) is 0 Å². The molecule has 0 heterocycles. The summed E-state index contributed by atoms with van der Waals surface area (Å²) in [6.45, 7) is 0.761. The zero-order valence-electron chi connectivity index (χ0n) is 11.9. The number of halogens is 1. The Morgan fingerprint density at radius 2 is 1.85 bits per heavy atom. The van der Waals surface area contributed by atoms with Crippen molar-refractivity contribution in [2.75, 3.05) is 21.3 Å². The number of ether oxygens (including phenoxy) is 2. The van der Waals surface area contributed by atoms with Crippen LogP contribution in [-0.4, -0.2) is 21.3 Å². The summed E-state index contributed by atoms with van der Waals surface area (Å²) < 4.78 is 10.6. The SMILES string of the molecule is CNCc1cc(OC)ccc1-c1ccc(Cl)c(OC)c1. The molecule has 2 rings (SSSR count). The molecule has 106 valence electrons. The molecule has 0 atom stereocenters. The van der Waals surface area contributed by atoms with Gasteiger partial charge >= 0.3 is 0 Å². The second kappa shape index (κ2) is 6.64. The van der Waals surface area contributed by atoms with E-state index in [0.717, 1.165) is 29.0 Å². The number of nitrogens with one attached hydrogen (secondary N) is 1. The highest BCUT2D eigenvalue weighted by Gasteiger charge is 2.09. The highest BCUT2D eigenvalue weighted by Crippen LogP contribution is 2.33. The molecule has 0 fully saturated rings. The fraction of sp³-hybridized carbons (Fsp3) is 0.250. The van der Waals surface area contributed by atoms with Crippen LogP contribution in [-0.2, 0) is 6.54 Å². The highest BCUT2D eigenvalue weighted by molar-refractivity contribution is 6.32. The van der Waals surface area contributed by atoms with Gasteiger partial charge in [0.15, 0.2) is 0 Å². The van der Waals surface area contributed by atoms with E-state index in [0.29, 0.717) is 10.8 Å². The number of methoxy groups -OCH3 is 2. The van der Waals surface area contributed by atoms with Gasteiger partial charge in [-0.05, 0) is 48.0 Å². The van der Waals surface area contributed by atoms with E-state index in [9.17, 15) is 0 Å². The predicted molar refractivity (Wildman–Crippen MR) is 82.8 cm³/mol. The third-order valence-electron chi connectivity index (χ3n) is 3.14. The van der Waals surface area contributed by atoms with E-state index in [1.54, 1.807) is 14.2 Å². The molecule has 0 bridgehead atoms. The van der Waals surface area contributed by atoms with E-state index in [4.69, 9.17) is 21.1 Å². The summed E-state index contributed by atoms with van der Waals surface area (Å²) in [5.41, 5.74) is 3.37. The fourth-order valence-electron chi connectivity index (χ4n) is 2.14. The number of rotatable bonds is 5. The zero-order valence-corrected chi connectivity index (χ0v) is 12.6. The molecule has 2 aromatic rings. The van der Waals surface area contributed by atoms with Crippen LogP contribution in [0.4, 0.5) is 0 Å². The normalized spacial score (nSPS) is 10.4. The first-order valence-corrected chi connectivity index (χ1v) is 6.72. The van der Waals surface area contributed by atoms with Gasteiger partial charge in [-0.3, -0.25) is 0 Å². The molecule has 0 spiro atoms. The van der Waals surface area contributed by atoms with Crippen LogP contribution in [0, 0.1) is 0 Å². The van der Waals surface area contributed by atoms with Crippen LogP contribution in [0.25, 0.3) is 11.1 Å². The Hall–Kier alpha value is -1.71. The molecule has 0 saturated heterocycles. The van der Waals surface area contributed by atoms with E-state index in [1.165, 1.54) is 0 Å². The van der Waals surface area contributed by atoms with Crippen LogP contribution in [0.5, 0.6) is 11.5 Å². The largest absolute Gasteiger partial charge is 0.497 e. The lowest BCUT2D eigenvalue weighted by atomic mass is 9.99. The summed E-state index contributed by atoms with van der Waals surface area (Å²) in [5, 5.41) is 3.78. The average molecular weight is 292 g/mol. The van der Waals surface area contributed by atoms with Crippen LogP contribution in [0.3, 0.4) is 0 Å². The third kappa shape index (κ3) is 3.06. The molecule has 0 amide bonds. The van der Waals surface area contributed by atoms with Crippen molar-refractivity contribution in [1.82, 2.24) is 5.32 Å². The summed E-state index contributed by atoms with van der Waals surface area (Å²) in [4.78, 5) is 0. The lowest BCUT2D eigenvalue weighted by molar-refractivity contribution is 0.414. The lowest BCUT2D eigenvalue weighted by Gasteiger charge is -2.13. The van der Waals surface area contributed by atoms with Gasteiger partial charge in [0.05, 0.1) is 19.2 Å². The van der Waals surface area contributed by atoms with Crippen molar-refractivity contribution in [2.45, 2.75) is 6.54 Å².